The number of primary amides is 1. The molecule has 0 aromatic heterocycles. The second-order valence-corrected chi connectivity index (χ2v) is 2.63. The van der Waals surface area contributed by atoms with Crippen molar-refractivity contribution in [1.82, 2.24) is 0 Å². The third-order valence-corrected chi connectivity index (χ3v) is 1.54. The van der Waals surface area contributed by atoms with Crippen LogP contribution in [0, 0.1) is 0 Å². The summed E-state index contributed by atoms with van der Waals surface area (Å²) in [6, 6.07) is 2.08. The van der Waals surface area contributed by atoms with Gasteiger partial charge in [-0.15, -0.1) is 0 Å². The molecule has 1 amide bonds. The fourth-order valence-electron chi connectivity index (χ4n) is 0.945. The summed E-state index contributed by atoms with van der Waals surface area (Å²) in [6.07, 6.45) is 2.15. The number of benzene rings is 1. The largest absolute Gasteiger partial charge is 0.508 e. The molecule has 0 bridgehead atoms. The van der Waals surface area contributed by atoms with E-state index in [1.807, 2.05) is 0 Å². The molecule has 74 valence electrons. The third kappa shape index (κ3) is 2.16. The van der Waals surface area contributed by atoms with Crippen molar-refractivity contribution in [3.63, 3.8) is 0 Å². The van der Waals surface area contributed by atoms with Gasteiger partial charge < -0.3 is 21.1 Å². The standard InChI is InChI=1S/C9H9NO4/c10-9(14)2-1-6-7(12)3-5(11)4-8(6)13/h1-4,11-13H,(H2,10,14)/b2-1+. The van der Waals surface area contributed by atoms with Gasteiger partial charge in [-0.25, -0.2) is 0 Å². The van der Waals surface area contributed by atoms with Crippen LogP contribution in [0.5, 0.6) is 17.2 Å². The smallest absolute Gasteiger partial charge is 0.241 e. The van der Waals surface area contributed by atoms with E-state index in [2.05, 4.69) is 0 Å². The highest BCUT2D eigenvalue weighted by Crippen LogP contribution is 2.32. The van der Waals surface area contributed by atoms with E-state index in [-0.39, 0.29) is 22.8 Å². The first-order chi connectivity index (χ1) is 6.50. The fraction of sp³-hybridized carbons (Fsp3) is 0. The maximum Gasteiger partial charge on any atom is 0.241 e. The van der Waals surface area contributed by atoms with Crippen molar-refractivity contribution < 1.29 is 20.1 Å². The Morgan fingerprint density at radius 1 is 1.21 bits per heavy atom. The highest BCUT2D eigenvalue weighted by atomic mass is 16.3. The maximum atomic E-state index is 10.4. The van der Waals surface area contributed by atoms with E-state index in [1.54, 1.807) is 0 Å². The van der Waals surface area contributed by atoms with E-state index in [1.165, 1.54) is 0 Å². The van der Waals surface area contributed by atoms with Crippen LogP contribution < -0.4 is 5.73 Å². The average Bonchev–Trinajstić information content (AvgIpc) is 2.01. The summed E-state index contributed by atoms with van der Waals surface area (Å²) in [5.41, 5.74) is 4.86. The summed E-state index contributed by atoms with van der Waals surface area (Å²) in [4.78, 5) is 10.4. The van der Waals surface area contributed by atoms with Crippen molar-refractivity contribution in [3.05, 3.63) is 23.8 Å². The van der Waals surface area contributed by atoms with Crippen LogP contribution in [0.15, 0.2) is 18.2 Å². The molecule has 0 atom stereocenters. The lowest BCUT2D eigenvalue weighted by Crippen LogP contribution is -2.05. The molecule has 0 radical (unpaired) electrons. The Morgan fingerprint density at radius 2 is 1.71 bits per heavy atom. The quantitative estimate of drug-likeness (QED) is 0.509. The monoisotopic (exact) mass is 195 g/mol. The minimum Gasteiger partial charge on any atom is -0.508 e. The molecule has 1 rings (SSSR count). The van der Waals surface area contributed by atoms with Gasteiger partial charge in [-0.05, 0) is 6.08 Å². The summed E-state index contributed by atoms with van der Waals surface area (Å²) in [7, 11) is 0. The van der Waals surface area contributed by atoms with Crippen molar-refractivity contribution in [1.29, 1.82) is 0 Å². The summed E-state index contributed by atoms with van der Waals surface area (Å²) in [5.74, 6) is -1.63. The Labute approximate surface area is 79.7 Å². The predicted octanol–water partition coefficient (Wildman–Crippen LogP) is 0.302. The molecule has 0 fully saturated rings. The highest BCUT2D eigenvalue weighted by molar-refractivity contribution is 5.91. The first-order valence-corrected chi connectivity index (χ1v) is 3.73. The number of aromatic hydroxyl groups is 3. The van der Waals surface area contributed by atoms with E-state index in [9.17, 15) is 15.0 Å². The van der Waals surface area contributed by atoms with Gasteiger partial charge in [0.15, 0.2) is 0 Å². The molecule has 0 heterocycles. The van der Waals surface area contributed by atoms with Gasteiger partial charge in [-0.3, -0.25) is 4.79 Å². The Bertz CT molecular complexity index is 375. The molecule has 0 aliphatic carbocycles. The van der Waals surface area contributed by atoms with Crippen LogP contribution in [-0.2, 0) is 4.79 Å². The Kier molecular flexibility index (Phi) is 2.62. The van der Waals surface area contributed by atoms with Crippen molar-refractivity contribution >= 4 is 12.0 Å². The number of rotatable bonds is 2. The number of hydrogen-bond acceptors (Lipinski definition) is 4. The molecule has 14 heavy (non-hydrogen) atoms. The van der Waals surface area contributed by atoms with E-state index in [0.717, 1.165) is 24.3 Å². The summed E-state index contributed by atoms with van der Waals surface area (Å²) < 4.78 is 0. The molecule has 0 aliphatic heterocycles. The van der Waals surface area contributed by atoms with Crippen LogP contribution in [0.4, 0.5) is 0 Å². The van der Waals surface area contributed by atoms with Gasteiger partial charge in [0.05, 0.1) is 5.56 Å². The maximum absolute atomic E-state index is 10.4. The molecule has 0 aliphatic rings. The molecule has 0 saturated heterocycles. The molecule has 0 spiro atoms. The Balaban J connectivity index is 3.15. The highest BCUT2D eigenvalue weighted by Gasteiger charge is 2.06. The minimum atomic E-state index is -0.697. The van der Waals surface area contributed by atoms with E-state index in [4.69, 9.17) is 10.8 Å². The summed E-state index contributed by atoms with van der Waals surface area (Å²) in [6.45, 7) is 0. The number of carbonyl (C=O) groups excluding carboxylic acids is 1. The van der Waals surface area contributed by atoms with Gasteiger partial charge >= 0.3 is 0 Å². The molecule has 5 nitrogen and oxygen atoms in total. The average molecular weight is 195 g/mol. The summed E-state index contributed by atoms with van der Waals surface area (Å²) in [5, 5.41) is 27.5. The molecule has 5 N–H and O–H groups in total. The van der Waals surface area contributed by atoms with Crippen LogP contribution in [0.25, 0.3) is 6.08 Å². The number of hydrogen-bond donors (Lipinski definition) is 4. The van der Waals surface area contributed by atoms with Gasteiger partial charge in [0, 0.05) is 18.2 Å². The number of phenols is 3. The van der Waals surface area contributed by atoms with Crippen molar-refractivity contribution in [2.45, 2.75) is 0 Å². The molecule has 5 heteroatoms. The van der Waals surface area contributed by atoms with Gasteiger partial charge in [0.2, 0.25) is 5.91 Å². The second-order valence-electron chi connectivity index (χ2n) is 2.63. The fourth-order valence-corrected chi connectivity index (χ4v) is 0.945. The first kappa shape index (κ1) is 9.91. The number of nitrogens with two attached hydrogens (primary N) is 1. The number of carbonyl (C=O) groups is 1. The van der Waals surface area contributed by atoms with Crippen LogP contribution >= 0.6 is 0 Å². The van der Waals surface area contributed by atoms with Crippen LogP contribution in [-0.4, -0.2) is 21.2 Å². The predicted molar refractivity (Wildman–Crippen MR) is 49.7 cm³/mol. The van der Waals surface area contributed by atoms with Crippen molar-refractivity contribution in [2.24, 2.45) is 5.73 Å². The normalized spacial score (nSPS) is 10.6. The van der Waals surface area contributed by atoms with E-state index in [0.29, 0.717) is 0 Å². The molecule has 0 saturated carbocycles. The molecule has 1 aromatic rings. The number of amides is 1. The Morgan fingerprint density at radius 3 is 2.14 bits per heavy atom. The van der Waals surface area contributed by atoms with Crippen LogP contribution in [0.3, 0.4) is 0 Å². The van der Waals surface area contributed by atoms with Gasteiger partial charge in [0.1, 0.15) is 17.2 Å². The van der Waals surface area contributed by atoms with Gasteiger partial charge in [-0.1, -0.05) is 0 Å². The molecule has 1 aromatic carbocycles. The SMILES string of the molecule is NC(=O)/C=C/c1c(O)cc(O)cc1O. The van der Waals surface area contributed by atoms with Gasteiger partial charge in [0.25, 0.3) is 0 Å². The lowest BCUT2D eigenvalue weighted by atomic mass is 10.1. The van der Waals surface area contributed by atoms with Crippen molar-refractivity contribution in [2.75, 3.05) is 0 Å². The first-order valence-electron chi connectivity index (χ1n) is 3.73. The number of phenolic OH excluding ortho intramolecular Hbond substituents is 3. The molecule has 0 unspecified atom stereocenters. The van der Waals surface area contributed by atoms with E-state index < -0.39 is 5.91 Å². The zero-order chi connectivity index (χ0) is 10.7. The van der Waals surface area contributed by atoms with E-state index >= 15 is 0 Å². The second kappa shape index (κ2) is 3.69. The lowest BCUT2D eigenvalue weighted by molar-refractivity contribution is -0.113. The third-order valence-electron chi connectivity index (χ3n) is 1.54. The van der Waals surface area contributed by atoms with Crippen molar-refractivity contribution in [3.8, 4) is 17.2 Å². The summed E-state index contributed by atoms with van der Waals surface area (Å²) >= 11 is 0. The topological polar surface area (TPSA) is 104 Å². The Hall–Kier alpha value is -2.17. The molecular weight excluding hydrogens is 186 g/mol. The minimum absolute atomic E-state index is 0.0293. The van der Waals surface area contributed by atoms with Crippen LogP contribution in [0.1, 0.15) is 5.56 Å². The van der Waals surface area contributed by atoms with Crippen LogP contribution in [0.2, 0.25) is 0 Å². The zero-order valence-corrected chi connectivity index (χ0v) is 7.14. The zero-order valence-electron chi connectivity index (χ0n) is 7.14. The lowest BCUT2D eigenvalue weighted by Gasteiger charge is -2.02. The molecular formula is C9H9NO4. The van der Waals surface area contributed by atoms with Gasteiger partial charge in [-0.2, -0.15) is 0 Å².